The van der Waals surface area contributed by atoms with E-state index < -0.39 is 29.5 Å². The van der Waals surface area contributed by atoms with Crippen molar-refractivity contribution in [3.63, 3.8) is 0 Å². The zero-order valence-corrected chi connectivity index (χ0v) is 11.8. The summed E-state index contributed by atoms with van der Waals surface area (Å²) >= 11 is 0. The molecule has 1 aliphatic rings. The van der Waals surface area contributed by atoms with Gasteiger partial charge in [-0.15, -0.1) is 0 Å². The average Bonchev–Trinajstić information content (AvgIpc) is 2.77. The minimum atomic E-state index is -1.27. The molecule has 21 heavy (non-hydrogen) atoms. The molecule has 7 heteroatoms. The quantitative estimate of drug-likeness (QED) is 0.751. The number of benzene rings is 1. The second-order valence-corrected chi connectivity index (χ2v) is 5.48. The molecule has 1 heterocycles. The molecule has 3 amide bonds. The highest BCUT2D eigenvalue weighted by molar-refractivity contribution is 6.03. The SMILES string of the molecule is CC(C)(NC(=O)N1c2ccccc2CC1C(=O)O)C(N)=O. The molecule has 4 N–H and O–H groups in total. The number of para-hydroxylation sites is 1. The third-order valence-electron chi connectivity index (χ3n) is 3.52. The highest BCUT2D eigenvalue weighted by Crippen LogP contribution is 2.32. The summed E-state index contributed by atoms with van der Waals surface area (Å²) < 4.78 is 0. The van der Waals surface area contributed by atoms with Crippen LogP contribution in [-0.2, 0) is 16.0 Å². The highest BCUT2D eigenvalue weighted by atomic mass is 16.4. The summed E-state index contributed by atoms with van der Waals surface area (Å²) in [4.78, 5) is 36.2. The lowest BCUT2D eigenvalue weighted by molar-refractivity contribution is -0.138. The van der Waals surface area contributed by atoms with Gasteiger partial charge in [-0.2, -0.15) is 0 Å². The molecule has 7 nitrogen and oxygen atoms in total. The third kappa shape index (κ3) is 2.67. The number of carbonyl (C=O) groups excluding carboxylic acids is 2. The van der Waals surface area contributed by atoms with E-state index in [4.69, 9.17) is 5.73 Å². The van der Waals surface area contributed by atoms with Gasteiger partial charge in [-0.3, -0.25) is 9.69 Å². The van der Waals surface area contributed by atoms with Crippen molar-refractivity contribution in [2.45, 2.75) is 31.8 Å². The molecule has 0 bridgehead atoms. The minimum absolute atomic E-state index is 0.232. The van der Waals surface area contributed by atoms with E-state index in [0.717, 1.165) is 10.5 Å². The van der Waals surface area contributed by atoms with Gasteiger partial charge in [0.15, 0.2) is 0 Å². The van der Waals surface area contributed by atoms with Crippen LogP contribution in [0, 0.1) is 0 Å². The zero-order chi connectivity index (χ0) is 15.8. The lowest BCUT2D eigenvalue weighted by Gasteiger charge is -2.29. The van der Waals surface area contributed by atoms with Crippen LogP contribution in [0.3, 0.4) is 0 Å². The standard InChI is InChI=1S/C14H17N3O4/c1-14(2,12(15)20)16-13(21)17-9-6-4-3-5-8(9)7-10(17)11(18)19/h3-6,10H,7H2,1-2H3,(H2,15,20)(H,16,21)(H,18,19). The zero-order valence-electron chi connectivity index (χ0n) is 11.8. The van der Waals surface area contributed by atoms with Crippen LogP contribution < -0.4 is 16.0 Å². The Kier molecular flexibility index (Phi) is 3.59. The third-order valence-corrected chi connectivity index (χ3v) is 3.52. The molecule has 1 aromatic rings. The van der Waals surface area contributed by atoms with E-state index >= 15 is 0 Å². The van der Waals surface area contributed by atoms with E-state index in [9.17, 15) is 19.5 Å². The number of carbonyl (C=O) groups is 3. The number of hydrogen-bond acceptors (Lipinski definition) is 3. The Labute approximate surface area is 121 Å². The topological polar surface area (TPSA) is 113 Å². The minimum Gasteiger partial charge on any atom is -0.480 e. The van der Waals surface area contributed by atoms with Gasteiger partial charge in [0.2, 0.25) is 5.91 Å². The maximum atomic E-state index is 12.4. The van der Waals surface area contributed by atoms with Crippen LogP contribution in [0.2, 0.25) is 0 Å². The van der Waals surface area contributed by atoms with Gasteiger partial charge in [0.25, 0.3) is 0 Å². The molecule has 112 valence electrons. The number of primary amides is 1. The Morgan fingerprint density at radius 3 is 2.52 bits per heavy atom. The van der Waals surface area contributed by atoms with Crippen molar-refractivity contribution in [2.24, 2.45) is 5.73 Å². The van der Waals surface area contributed by atoms with Crippen LogP contribution in [0.4, 0.5) is 10.5 Å². The van der Waals surface area contributed by atoms with Crippen LogP contribution in [0.15, 0.2) is 24.3 Å². The van der Waals surface area contributed by atoms with Gasteiger partial charge in [0.05, 0.1) is 0 Å². The normalized spacial score (nSPS) is 17.2. The number of aliphatic carboxylic acids is 1. The number of urea groups is 1. The molecule has 1 unspecified atom stereocenters. The Morgan fingerprint density at radius 1 is 1.33 bits per heavy atom. The van der Waals surface area contributed by atoms with Crippen LogP contribution in [-0.4, -0.2) is 34.6 Å². The maximum Gasteiger partial charge on any atom is 0.327 e. The van der Waals surface area contributed by atoms with E-state index in [0.29, 0.717) is 5.69 Å². The lowest BCUT2D eigenvalue weighted by atomic mass is 10.1. The number of carboxylic acids is 1. The van der Waals surface area contributed by atoms with Crippen molar-refractivity contribution in [1.29, 1.82) is 0 Å². The van der Waals surface area contributed by atoms with Gasteiger partial charge in [-0.1, -0.05) is 18.2 Å². The first-order valence-electron chi connectivity index (χ1n) is 6.46. The van der Waals surface area contributed by atoms with Crippen molar-refractivity contribution in [1.82, 2.24) is 5.32 Å². The molecule has 1 aliphatic heterocycles. The number of rotatable bonds is 3. The number of nitrogens with one attached hydrogen (secondary N) is 1. The lowest BCUT2D eigenvalue weighted by Crippen LogP contribution is -2.58. The van der Waals surface area contributed by atoms with Crippen LogP contribution in [0.5, 0.6) is 0 Å². The summed E-state index contributed by atoms with van der Waals surface area (Å²) in [7, 11) is 0. The van der Waals surface area contributed by atoms with Crippen molar-refractivity contribution in [3.8, 4) is 0 Å². The Hall–Kier alpha value is -2.57. The fraction of sp³-hybridized carbons (Fsp3) is 0.357. The first-order valence-corrected chi connectivity index (χ1v) is 6.46. The van der Waals surface area contributed by atoms with Gasteiger partial charge in [0.1, 0.15) is 11.6 Å². The van der Waals surface area contributed by atoms with Crippen molar-refractivity contribution < 1.29 is 19.5 Å². The summed E-state index contributed by atoms with van der Waals surface area (Å²) in [6.07, 6.45) is 0.232. The summed E-state index contributed by atoms with van der Waals surface area (Å²) in [6.45, 7) is 2.93. The monoisotopic (exact) mass is 291 g/mol. The fourth-order valence-electron chi connectivity index (χ4n) is 2.22. The molecule has 0 saturated heterocycles. The number of nitrogens with zero attached hydrogens (tertiary/aromatic N) is 1. The maximum absolute atomic E-state index is 12.4. The molecular weight excluding hydrogens is 274 g/mol. The van der Waals surface area contributed by atoms with Crippen LogP contribution in [0.1, 0.15) is 19.4 Å². The van der Waals surface area contributed by atoms with Gasteiger partial charge < -0.3 is 16.2 Å². The fourth-order valence-corrected chi connectivity index (χ4v) is 2.22. The molecule has 1 aromatic carbocycles. The summed E-state index contributed by atoms with van der Waals surface area (Å²) in [5, 5.41) is 11.8. The van der Waals surface area contributed by atoms with E-state index in [1.54, 1.807) is 24.3 Å². The van der Waals surface area contributed by atoms with Gasteiger partial charge in [-0.05, 0) is 25.5 Å². The molecule has 0 aromatic heterocycles. The Balaban J connectivity index is 2.33. The molecule has 0 aliphatic carbocycles. The van der Waals surface area contributed by atoms with Gasteiger partial charge in [-0.25, -0.2) is 9.59 Å². The van der Waals surface area contributed by atoms with Crippen molar-refractivity contribution in [3.05, 3.63) is 29.8 Å². The predicted octanol–water partition coefficient (Wildman–Crippen LogP) is 0.476. The van der Waals surface area contributed by atoms with E-state index in [-0.39, 0.29) is 6.42 Å². The second kappa shape index (κ2) is 5.08. The number of carboxylic acid groups (broad SMARTS) is 1. The largest absolute Gasteiger partial charge is 0.480 e. The second-order valence-electron chi connectivity index (χ2n) is 5.48. The van der Waals surface area contributed by atoms with Crippen LogP contribution in [0.25, 0.3) is 0 Å². The number of fused-ring (bicyclic) bond motifs is 1. The van der Waals surface area contributed by atoms with Crippen molar-refractivity contribution in [2.75, 3.05) is 4.90 Å². The van der Waals surface area contributed by atoms with Gasteiger partial charge >= 0.3 is 12.0 Å². The summed E-state index contributed by atoms with van der Waals surface area (Å²) in [6, 6.07) is 5.31. The Morgan fingerprint density at radius 2 is 1.95 bits per heavy atom. The number of amides is 3. The molecule has 0 saturated carbocycles. The number of nitrogens with two attached hydrogens (primary N) is 1. The predicted molar refractivity (Wildman–Crippen MR) is 75.9 cm³/mol. The first kappa shape index (κ1) is 14.8. The van der Waals surface area contributed by atoms with Gasteiger partial charge in [0, 0.05) is 12.1 Å². The number of hydrogen-bond donors (Lipinski definition) is 3. The number of anilines is 1. The molecular formula is C14H17N3O4. The molecule has 1 atom stereocenters. The molecule has 0 radical (unpaired) electrons. The Bertz CT molecular complexity index is 612. The van der Waals surface area contributed by atoms with E-state index in [1.807, 2.05) is 0 Å². The first-order chi connectivity index (χ1) is 9.74. The van der Waals surface area contributed by atoms with E-state index in [2.05, 4.69) is 5.32 Å². The van der Waals surface area contributed by atoms with E-state index in [1.165, 1.54) is 13.8 Å². The molecule has 0 spiro atoms. The summed E-state index contributed by atoms with van der Waals surface area (Å²) in [5.74, 6) is -1.80. The molecule has 0 fully saturated rings. The average molecular weight is 291 g/mol. The van der Waals surface area contributed by atoms with Crippen molar-refractivity contribution >= 4 is 23.6 Å². The van der Waals surface area contributed by atoms with Crippen LogP contribution >= 0.6 is 0 Å². The molecule has 2 rings (SSSR count). The smallest absolute Gasteiger partial charge is 0.327 e. The highest BCUT2D eigenvalue weighted by Gasteiger charge is 2.40. The summed E-state index contributed by atoms with van der Waals surface area (Å²) in [5.41, 5.74) is 5.26.